The Morgan fingerprint density at radius 2 is 2.29 bits per heavy atom. The first-order valence-corrected chi connectivity index (χ1v) is 6.81. The van der Waals surface area contributed by atoms with Crippen LogP contribution in [0.15, 0.2) is 29.4 Å². The number of nitrogens with two attached hydrogens (primary N) is 1. The fourth-order valence-electron chi connectivity index (χ4n) is 1.58. The topological polar surface area (TPSA) is 89.6 Å². The maximum Gasteiger partial charge on any atom is 0.305 e. The molecule has 21 heavy (non-hydrogen) atoms. The fourth-order valence-corrected chi connectivity index (χ4v) is 1.58. The molecule has 0 aliphatic carbocycles. The molecular weight excluding hydrogens is 383 g/mol. The predicted octanol–water partition coefficient (Wildman–Crippen LogP) is 1.49. The number of halogens is 1. The molecule has 0 aliphatic rings. The molecule has 0 aliphatic heterocycles. The average molecular weight is 406 g/mol. The van der Waals surface area contributed by atoms with Crippen molar-refractivity contribution < 1.29 is 9.53 Å². The Hall–Kier alpha value is -1.38. The van der Waals surface area contributed by atoms with Crippen molar-refractivity contribution in [3.05, 3.63) is 30.1 Å². The number of aromatic nitrogens is 1. The van der Waals surface area contributed by atoms with E-state index in [1.807, 2.05) is 18.2 Å². The lowest BCUT2D eigenvalue weighted by Gasteiger charge is -2.05. The molecule has 0 saturated heterocycles. The van der Waals surface area contributed by atoms with Crippen molar-refractivity contribution in [2.24, 2.45) is 10.7 Å². The van der Waals surface area contributed by atoms with Crippen LogP contribution in [0, 0.1) is 0 Å². The number of aliphatic imine (C=N–C) groups is 1. The number of ether oxygens (including phenoxy) is 1. The Kier molecular flexibility index (Phi) is 11.6. The normalized spacial score (nSPS) is 10.6. The van der Waals surface area contributed by atoms with E-state index in [-0.39, 0.29) is 29.9 Å². The van der Waals surface area contributed by atoms with Crippen LogP contribution in [0.25, 0.3) is 0 Å². The van der Waals surface area contributed by atoms with E-state index in [0.29, 0.717) is 38.5 Å². The average Bonchev–Trinajstić information content (AvgIpc) is 2.45. The van der Waals surface area contributed by atoms with Gasteiger partial charge in [-0.2, -0.15) is 0 Å². The summed E-state index contributed by atoms with van der Waals surface area (Å²) < 4.78 is 4.82. The smallest absolute Gasteiger partial charge is 0.305 e. The molecule has 0 unspecified atom stereocenters. The number of hydrogen-bond acceptors (Lipinski definition) is 4. The van der Waals surface area contributed by atoms with Crippen LogP contribution in [0.4, 0.5) is 0 Å². The van der Waals surface area contributed by atoms with E-state index >= 15 is 0 Å². The molecule has 7 heteroatoms. The second-order valence-corrected chi connectivity index (χ2v) is 4.17. The Morgan fingerprint density at radius 3 is 2.95 bits per heavy atom. The van der Waals surface area contributed by atoms with Gasteiger partial charge in [0.05, 0.1) is 6.61 Å². The van der Waals surface area contributed by atoms with Crippen molar-refractivity contribution in [2.45, 2.75) is 26.2 Å². The SMILES string of the molecule is CCOC(=O)CCCN=C(N)NCCc1ccccn1.I. The predicted molar refractivity (Wildman–Crippen MR) is 93.7 cm³/mol. The summed E-state index contributed by atoms with van der Waals surface area (Å²) in [4.78, 5) is 19.5. The molecule has 6 nitrogen and oxygen atoms in total. The molecule has 0 fully saturated rings. The van der Waals surface area contributed by atoms with Crippen LogP contribution in [-0.4, -0.2) is 36.6 Å². The van der Waals surface area contributed by atoms with Gasteiger partial charge in [-0.25, -0.2) is 0 Å². The molecule has 118 valence electrons. The van der Waals surface area contributed by atoms with Gasteiger partial charge in [-0.05, 0) is 25.5 Å². The molecule has 0 bridgehead atoms. The highest BCUT2D eigenvalue weighted by atomic mass is 127. The maximum absolute atomic E-state index is 11.1. The maximum atomic E-state index is 11.1. The third-order valence-electron chi connectivity index (χ3n) is 2.54. The van der Waals surface area contributed by atoms with Gasteiger partial charge in [0.25, 0.3) is 0 Å². The first kappa shape index (κ1) is 19.6. The summed E-state index contributed by atoms with van der Waals surface area (Å²) in [5, 5.41) is 3.02. The largest absolute Gasteiger partial charge is 0.466 e. The van der Waals surface area contributed by atoms with E-state index < -0.39 is 0 Å². The second-order valence-electron chi connectivity index (χ2n) is 4.17. The summed E-state index contributed by atoms with van der Waals surface area (Å²) in [7, 11) is 0. The van der Waals surface area contributed by atoms with E-state index in [0.717, 1.165) is 12.1 Å². The number of carbonyl (C=O) groups is 1. The number of hydrogen-bond donors (Lipinski definition) is 2. The van der Waals surface area contributed by atoms with Crippen molar-refractivity contribution in [1.29, 1.82) is 0 Å². The molecule has 0 aromatic carbocycles. The van der Waals surface area contributed by atoms with Crippen LogP contribution in [-0.2, 0) is 16.0 Å². The number of esters is 1. The second kappa shape index (κ2) is 12.4. The van der Waals surface area contributed by atoms with Crippen LogP contribution in [0.2, 0.25) is 0 Å². The quantitative estimate of drug-likeness (QED) is 0.225. The Morgan fingerprint density at radius 1 is 1.48 bits per heavy atom. The van der Waals surface area contributed by atoms with Crippen LogP contribution in [0.5, 0.6) is 0 Å². The zero-order chi connectivity index (χ0) is 14.6. The highest BCUT2D eigenvalue weighted by molar-refractivity contribution is 14.0. The van der Waals surface area contributed by atoms with Crippen LogP contribution in [0.3, 0.4) is 0 Å². The number of nitrogens with zero attached hydrogens (tertiary/aromatic N) is 2. The Balaban J connectivity index is 0.00000400. The first-order valence-electron chi connectivity index (χ1n) is 6.81. The molecule has 0 amide bonds. The third-order valence-corrected chi connectivity index (χ3v) is 2.54. The zero-order valence-electron chi connectivity index (χ0n) is 12.2. The van der Waals surface area contributed by atoms with Gasteiger partial charge in [0.1, 0.15) is 0 Å². The minimum Gasteiger partial charge on any atom is -0.466 e. The van der Waals surface area contributed by atoms with Gasteiger partial charge < -0.3 is 15.8 Å². The fraction of sp³-hybridized carbons (Fsp3) is 0.500. The van der Waals surface area contributed by atoms with Crippen LogP contribution >= 0.6 is 24.0 Å². The molecule has 0 spiro atoms. The van der Waals surface area contributed by atoms with Gasteiger partial charge in [-0.3, -0.25) is 14.8 Å². The molecule has 0 atom stereocenters. The summed E-state index contributed by atoms with van der Waals surface area (Å²) in [5.74, 6) is 0.203. The van der Waals surface area contributed by atoms with E-state index in [4.69, 9.17) is 10.5 Å². The van der Waals surface area contributed by atoms with Crippen LogP contribution < -0.4 is 11.1 Å². The van der Waals surface area contributed by atoms with Crippen molar-refractivity contribution in [3.63, 3.8) is 0 Å². The summed E-state index contributed by atoms with van der Waals surface area (Å²) in [6.45, 7) is 3.41. The highest BCUT2D eigenvalue weighted by Crippen LogP contribution is 1.94. The number of nitrogens with one attached hydrogen (secondary N) is 1. The monoisotopic (exact) mass is 406 g/mol. The molecule has 1 rings (SSSR count). The number of carbonyl (C=O) groups excluding carboxylic acids is 1. The zero-order valence-corrected chi connectivity index (χ0v) is 14.6. The first-order chi connectivity index (χ1) is 9.72. The van der Waals surface area contributed by atoms with Crippen molar-refractivity contribution in [1.82, 2.24) is 10.3 Å². The minimum atomic E-state index is -0.190. The molecule has 1 heterocycles. The molecule has 0 radical (unpaired) electrons. The lowest BCUT2D eigenvalue weighted by Crippen LogP contribution is -2.33. The van der Waals surface area contributed by atoms with Gasteiger partial charge >= 0.3 is 5.97 Å². The molecule has 1 aromatic rings. The third kappa shape index (κ3) is 10.1. The standard InChI is InChI=1S/C14H22N4O2.HI/c1-2-20-13(19)7-5-10-17-14(15)18-11-8-12-6-3-4-9-16-12;/h3-4,6,9H,2,5,7-8,10-11H2,1H3,(H3,15,17,18);1H. The summed E-state index contributed by atoms with van der Waals surface area (Å²) in [6, 6.07) is 5.81. The number of pyridine rings is 1. The van der Waals surface area contributed by atoms with Gasteiger partial charge in [-0.1, -0.05) is 6.07 Å². The van der Waals surface area contributed by atoms with Crippen molar-refractivity contribution in [3.8, 4) is 0 Å². The highest BCUT2D eigenvalue weighted by Gasteiger charge is 2.00. The summed E-state index contributed by atoms with van der Waals surface area (Å²) >= 11 is 0. The molecule has 0 saturated carbocycles. The number of guanidine groups is 1. The van der Waals surface area contributed by atoms with E-state index in [1.54, 1.807) is 13.1 Å². The van der Waals surface area contributed by atoms with Gasteiger partial charge in [0, 0.05) is 37.8 Å². The lowest BCUT2D eigenvalue weighted by molar-refractivity contribution is -0.143. The van der Waals surface area contributed by atoms with Gasteiger partial charge in [0.15, 0.2) is 5.96 Å². The summed E-state index contributed by atoms with van der Waals surface area (Å²) in [6.07, 6.45) is 3.57. The van der Waals surface area contributed by atoms with E-state index in [2.05, 4.69) is 15.3 Å². The Labute approximate surface area is 142 Å². The number of rotatable bonds is 8. The van der Waals surface area contributed by atoms with Gasteiger partial charge in [0.2, 0.25) is 0 Å². The van der Waals surface area contributed by atoms with Crippen LogP contribution in [0.1, 0.15) is 25.5 Å². The molecule has 1 aromatic heterocycles. The minimum absolute atomic E-state index is 0. The molecular formula is C14H23IN4O2. The summed E-state index contributed by atoms with van der Waals surface area (Å²) in [5.41, 5.74) is 6.73. The van der Waals surface area contributed by atoms with E-state index in [9.17, 15) is 4.79 Å². The van der Waals surface area contributed by atoms with E-state index in [1.165, 1.54) is 0 Å². The van der Waals surface area contributed by atoms with Crippen molar-refractivity contribution >= 4 is 35.9 Å². The van der Waals surface area contributed by atoms with Gasteiger partial charge in [-0.15, -0.1) is 24.0 Å². The van der Waals surface area contributed by atoms with Crippen molar-refractivity contribution in [2.75, 3.05) is 19.7 Å². The Bertz CT molecular complexity index is 426. The lowest BCUT2D eigenvalue weighted by atomic mass is 10.3. The molecule has 3 N–H and O–H groups in total.